The van der Waals surface area contributed by atoms with Crippen molar-refractivity contribution in [2.24, 2.45) is 10.1 Å². The number of aliphatic imine (C=N–C) groups is 1. The molecular weight excluding hydrogens is 467 g/mol. The predicted molar refractivity (Wildman–Crippen MR) is 134 cm³/mol. The van der Waals surface area contributed by atoms with Crippen molar-refractivity contribution in [3.05, 3.63) is 76.1 Å². The Labute approximate surface area is 207 Å². The van der Waals surface area contributed by atoms with Crippen molar-refractivity contribution in [2.45, 2.75) is 31.9 Å². The minimum atomic E-state index is -0.633. The molecule has 11 nitrogen and oxygen atoms in total. The van der Waals surface area contributed by atoms with E-state index >= 15 is 0 Å². The highest BCUT2D eigenvalue weighted by molar-refractivity contribution is 6.06. The molecule has 1 saturated carbocycles. The maximum Gasteiger partial charge on any atom is 0.280 e. The van der Waals surface area contributed by atoms with Gasteiger partial charge in [0, 0.05) is 39.3 Å². The zero-order valence-electron chi connectivity index (χ0n) is 20.2. The number of methoxy groups -OCH3 is 1. The van der Waals surface area contributed by atoms with E-state index in [0.717, 1.165) is 17.4 Å². The van der Waals surface area contributed by atoms with Crippen molar-refractivity contribution in [2.75, 3.05) is 19.5 Å². The number of carbonyl (C=O) groups is 1. The summed E-state index contributed by atoms with van der Waals surface area (Å²) in [5.41, 5.74) is -0.103. The lowest BCUT2D eigenvalue weighted by atomic mass is 9.89. The number of amides is 1. The third-order valence-electron chi connectivity index (χ3n) is 6.01. The van der Waals surface area contributed by atoms with Gasteiger partial charge in [0.1, 0.15) is 17.3 Å². The lowest BCUT2D eigenvalue weighted by Gasteiger charge is -2.36. The second kappa shape index (κ2) is 10.5. The van der Waals surface area contributed by atoms with Crippen LogP contribution in [-0.4, -0.2) is 59.3 Å². The summed E-state index contributed by atoms with van der Waals surface area (Å²) in [6.45, 7) is 5.22. The van der Waals surface area contributed by atoms with Gasteiger partial charge in [0.25, 0.3) is 11.5 Å². The van der Waals surface area contributed by atoms with Crippen LogP contribution >= 0.6 is 0 Å². The van der Waals surface area contributed by atoms with Gasteiger partial charge in [0.15, 0.2) is 17.5 Å². The Bertz CT molecular complexity index is 1330. The number of rotatable bonds is 7. The van der Waals surface area contributed by atoms with Crippen LogP contribution in [0.15, 0.2) is 74.8 Å². The summed E-state index contributed by atoms with van der Waals surface area (Å²) in [6, 6.07) is 5.71. The molecule has 3 heterocycles. The van der Waals surface area contributed by atoms with Crippen LogP contribution in [0.4, 0.5) is 10.1 Å². The Morgan fingerprint density at radius 3 is 2.75 bits per heavy atom. The van der Waals surface area contributed by atoms with Crippen LogP contribution < -0.4 is 21.5 Å². The molecule has 2 atom stereocenters. The summed E-state index contributed by atoms with van der Waals surface area (Å²) >= 11 is 0. The molecule has 12 heteroatoms. The van der Waals surface area contributed by atoms with Crippen molar-refractivity contribution in [3.63, 3.8) is 0 Å². The molecule has 2 aromatic heterocycles. The van der Waals surface area contributed by atoms with Gasteiger partial charge in [-0.1, -0.05) is 0 Å². The van der Waals surface area contributed by atoms with Crippen molar-refractivity contribution < 1.29 is 13.9 Å². The second-order valence-corrected chi connectivity index (χ2v) is 8.14. The average molecular weight is 495 g/mol. The Kier molecular flexibility index (Phi) is 7.25. The fourth-order valence-electron chi connectivity index (χ4n) is 3.87. The number of halogens is 1. The number of nitrogens with one attached hydrogen (secondary N) is 3. The molecule has 0 saturated heterocycles. The molecule has 4 rings (SSSR count). The minimum Gasteiger partial charge on any atom is -0.379 e. The van der Waals surface area contributed by atoms with Crippen LogP contribution in [0.3, 0.4) is 0 Å². The fraction of sp³-hybridized carbons (Fsp3) is 0.292. The van der Waals surface area contributed by atoms with Gasteiger partial charge in [0.05, 0.1) is 17.7 Å². The summed E-state index contributed by atoms with van der Waals surface area (Å²) in [5.74, 6) is -0.128. The molecule has 1 aliphatic heterocycles. The number of hydrogen-bond donors (Lipinski definition) is 3. The van der Waals surface area contributed by atoms with Gasteiger partial charge in [-0.2, -0.15) is 10.1 Å². The van der Waals surface area contributed by atoms with Crippen molar-refractivity contribution in [1.29, 1.82) is 0 Å². The topological polar surface area (TPSA) is 125 Å². The lowest BCUT2D eigenvalue weighted by Crippen LogP contribution is -2.51. The number of nitrogens with zero attached hydrogens (tertiary/aromatic N) is 5. The smallest absolute Gasteiger partial charge is 0.280 e. The van der Waals surface area contributed by atoms with E-state index in [1.807, 2.05) is 0 Å². The molecule has 0 bridgehead atoms. The highest BCUT2D eigenvalue weighted by atomic mass is 19.1. The molecule has 36 heavy (non-hydrogen) atoms. The Balaban J connectivity index is 1.68. The third-order valence-corrected chi connectivity index (χ3v) is 6.01. The van der Waals surface area contributed by atoms with Crippen LogP contribution in [0.25, 0.3) is 5.82 Å². The van der Waals surface area contributed by atoms with Crippen molar-refractivity contribution in [3.8, 4) is 5.82 Å². The first kappa shape index (κ1) is 24.8. The van der Waals surface area contributed by atoms with Crippen molar-refractivity contribution in [1.82, 2.24) is 25.2 Å². The van der Waals surface area contributed by atoms with Gasteiger partial charge in [-0.15, -0.1) is 0 Å². The van der Waals surface area contributed by atoms with E-state index in [1.165, 1.54) is 35.6 Å². The standard InChI is InChI=1S/C24H27FN8O3/c1-14(23(34)30-16-9-10-18(16)36-4)21-31-19(13-20(26-2)33(21)27-3)29-17-8-6-12-32(24(17)35)22-15(25)7-5-11-28-22/h5-8,11-13,16,18,26H,3,9-10H2,1-2,4H3,(H,29,31)(H,30,34)/b21-14+/t16-,18-/m1/s1. The first-order chi connectivity index (χ1) is 17.4. The average Bonchev–Trinajstić information content (AvgIpc) is 2.87. The molecule has 1 amide bonds. The largest absolute Gasteiger partial charge is 0.379 e. The Hall–Kier alpha value is -4.32. The van der Waals surface area contributed by atoms with E-state index in [9.17, 15) is 14.0 Å². The fourth-order valence-corrected chi connectivity index (χ4v) is 3.87. The van der Waals surface area contributed by atoms with Crippen LogP contribution in [-0.2, 0) is 9.53 Å². The van der Waals surface area contributed by atoms with Gasteiger partial charge >= 0.3 is 0 Å². The van der Waals surface area contributed by atoms with Crippen LogP contribution in [0.1, 0.15) is 19.8 Å². The van der Waals surface area contributed by atoms with Gasteiger partial charge in [-0.25, -0.2) is 14.4 Å². The normalized spacial score (nSPS) is 20.5. The zero-order valence-corrected chi connectivity index (χ0v) is 20.2. The van der Waals surface area contributed by atoms with E-state index in [1.54, 1.807) is 33.2 Å². The van der Waals surface area contributed by atoms with Crippen LogP contribution in [0, 0.1) is 5.82 Å². The SMILES string of the molecule is C=NN1C(NC)=CC(Nc2cccn(-c3ncccc3F)c2=O)=N/C1=C(/C)C(=O)N[C@@H]1CC[C@H]1OC. The minimum absolute atomic E-state index is 0.0237. The number of hydrazone groups is 1. The number of aromatic nitrogens is 2. The van der Waals surface area contributed by atoms with Gasteiger partial charge < -0.3 is 20.7 Å². The zero-order chi connectivity index (χ0) is 25.8. The van der Waals surface area contributed by atoms with Crippen LogP contribution in [0.2, 0.25) is 0 Å². The van der Waals surface area contributed by atoms with Crippen molar-refractivity contribution >= 4 is 24.1 Å². The first-order valence-corrected chi connectivity index (χ1v) is 11.3. The van der Waals surface area contributed by atoms with E-state index in [2.05, 4.69) is 37.7 Å². The summed E-state index contributed by atoms with van der Waals surface area (Å²) in [6.07, 6.45) is 6.11. The molecule has 1 fully saturated rings. The van der Waals surface area contributed by atoms with E-state index in [-0.39, 0.29) is 41.2 Å². The van der Waals surface area contributed by atoms with Crippen LogP contribution in [0.5, 0.6) is 0 Å². The number of ether oxygens (including phenoxy) is 1. The molecular formula is C24H27FN8O3. The summed E-state index contributed by atoms with van der Waals surface area (Å²) < 4.78 is 20.7. The molecule has 0 unspecified atom stereocenters. The molecule has 0 spiro atoms. The number of anilines is 1. The van der Waals surface area contributed by atoms with E-state index in [0.29, 0.717) is 11.4 Å². The lowest BCUT2D eigenvalue weighted by molar-refractivity contribution is -0.120. The summed E-state index contributed by atoms with van der Waals surface area (Å²) in [4.78, 5) is 34.6. The highest BCUT2D eigenvalue weighted by Crippen LogP contribution is 2.25. The highest BCUT2D eigenvalue weighted by Gasteiger charge is 2.33. The maximum absolute atomic E-state index is 14.2. The Morgan fingerprint density at radius 1 is 1.31 bits per heavy atom. The number of amidine groups is 1. The second-order valence-electron chi connectivity index (χ2n) is 8.14. The Morgan fingerprint density at radius 2 is 2.11 bits per heavy atom. The quantitative estimate of drug-likeness (QED) is 0.395. The molecule has 2 aliphatic rings. The van der Waals surface area contributed by atoms with Gasteiger partial charge in [0.2, 0.25) is 0 Å². The molecule has 188 valence electrons. The first-order valence-electron chi connectivity index (χ1n) is 11.3. The predicted octanol–water partition coefficient (Wildman–Crippen LogP) is 1.70. The monoisotopic (exact) mass is 494 g/mol. The maximum atomic E-state index is 14.2. The van der Waals surface area contributed by atoms with Gasteiger partial charge in [-0.3, -0.25) is 14.2 Å². The molecule has 0 aromatic carbocycles. The molecule has 2 aromatic rings. The van der Waals surface area contributed by atoms with Gasteiger partial charge in [-0.05, 0) is 44.0 Å². The number of hydrogen-bond acceptors (Lipinski definition) is 9. The summed E-state index contributed by atoms with van der Waals surface area (Å²) in [7, 11) is 3.29. The van der Waals surface area contributed by atoms with E-state index < -0.39 is 11.4 Å². The van der Waals surface area contributed by atoms with E-state index in [4.69, 9.17) is 4.74 Å². The number of carbonyl (C=O) groups excluding carboxylic acids is 1. The summed E-state index contributed by atoms with van der Waals surface area (Å²) in [5, 5.41) is 14.3. The molecule has 0 radical (unpaired) electrons. The molecule has 1 aliphatic carbocycles. The third kappa shape index (κ3) is 4.75. The molecule has 3 N–H and O–H groups in total. The number of pyridine rings is 2.